The molecule has 2 aromatic carbocycles. The zero-order valence-electron chi connectivity index (χ0n) is 11.7. The Balaban J connectivity index is 2.03. The number of halogens is 3. The van der Waals surface area contributed by atoms with Crippen LogP contribution in [0.4, 0.5) is 18.0 Å². The number of benzene rings is 2. The molecular formula is C15H12F3N3O2. The molecule has 0 heterocycles. The molecule has 0 aromatic heterocycles. The van der Waals surface area contributed by atoms with E-state index in [0.29, 0.717) is 11.1 Å². The van der Waals surface area contributed by atoms with E-state index in [0.717, 1.165) is 12.1 Å². The van der Waals surface area contributed by atoms with Crippen molar-refractivity contribution in [3.8, 4) is 5.75 Å². The van der Waals surface area contributed by atoms with Gasteiger partial charge in [0.2, 0.25) is 0 Å². The summed E-state index contributed by atoms with van der Waals surface area (Å²) in [4.78, 5) is 10.5. The van der Waals surface area contributed by atoms with E-state index in [9.17, 15) is 18.0 Å². The minimum Gasteiger partial charge on any atom is -0.489 e. The van der Waals surface area contributed by atoms with Gasteiger partial charge in [-0.25, -0.2) is 23.4 Å². The number of hydrogen-bond donors (Lipinski definition) is 2. The molecule has 0 bridgehead atoms. The topological polar surface area (TPSA) is 76.7 Å². The fourth-order valence-corrected chi connectivity index (χ4v) is 1.72. The lowest BCUT2D eigenvalue weighted by atomic mass is 10.1. The lowest BCUT2D eigenvalue weighted by Crippen LogP contribution is -2.24. The van der Waals surface area contributed by atoms with Crippen molar-refractivity contribution in [3.63, 3.8) is 0 Å². The van der Waals surface area contributed by atoms with Crippen LogP contribution in [0.25, 0.3) is 0 Å². The Kier molecular flexibility index (Phi) is 5.19. The van der Waals surface area contributed by atoms with Crippen molar-refractivity contribution in [3.05, 3.63) is 65.0 Å². The summed E-state index contributed by atoms with van der Waals surface area (Å²) in [7, 11) is 0. The molecule has 0 aliphatic heterocycles. The largest absolute Gasteiger partial charge is 0.489 e. The van der Waals surface area contributed by atoms with Crippen molar-refractivity contribution >= 4 is 12.2 Å². The summed E-state index contributed by atoms with van der Waals surface area (Å²) in [6.45, 7) is 0.00937. The van der Waals surface area contributed by atoms with Crippen LogP contribution in [0.15, 0.2) is 41.5 Å². The molecule has 2 rings (SSSR count). The lowest BCUT2D eigenvalue weighted by Gasteiger charge is -2.08. The van der Waals surface area contributed by atoms with Crippen molar-refractivity contribution in [1.82, 2.24) is 5.43 Å². The number of nitrogens with zero attached hydrogens (tertiary/aromatic N) is 1. The second-order valence-corrected chi connectivity index (χ2v) is 4.47. The SMILES string of the molecule is NC(=O)NN=Cc1cccc(COc2cc(F)c(F)c(F)c2)c1. The van der Waals surface area contributed by atoms with Gasteiger partial charge >= 0.3 is 6.03 Å². The molecule has 120 valence electrons. The van der Waals surface area contributed by atoms with Crippen LogP contribution in [-0.2, 0) is 6.61 Å². The maximum atomic E-state index is 13.1. The van der Waals surface area contributed by atoms with E-state index in [1.165, 1.54) is 6.21 Å². The molecule has 0 spiro atoms. The molecule has 2 aromatic rings. The first-order chi connectivity index (χ1) is 11.0. The van der Waals surface area contributed by atoms with E-state index < -0.39 is 23.5 Å². The van der Waals surface area contributed by atoms with Gasteiger partial charge in [0, 0.05) is 12.1 Å². The van der Waals surface area contributed by atoms with Crippen LogP contribution in [0, 0.1) is 17.5 Å². The van der Waals surface area contributed by atoms with Gasteiger partial charge in [-0.15, -0.1) is 0 Å². The van der Waals surface area contributed by atoms with Gasteiger partial charge < -0.3 is 10.5 Å². The number of nitrogens with two attached hydrogens (primary N) is 1. The van der Waals surface area contributed by atoms with Crippen molar-refractivity contribution < 1.29 is 22.7 Å². The first kappa shape index (κ1) is 16.3. The van der Waals surface area contributed by atoms with E-state index in [1.54, 1.807) is 24.3 Å². The highest BCUT2D eigenvalue weighted by Crippen LogP contribution is 2.20. The minimum atomic E-state index is -1.54. The third-order valence-electron chi connectivity index (χ3n) is 2.70. The van der Waals surface area contributed by atoms with Crippen LogP contribution >= 0.6 is 0 Å². The third-order valence-corrected chi connectivity index (χ3v) is 2.70. The molecule has 0 fully saturated rings. The molecule has 0 atom stereocenters. The molecule has 23 heavy (non-hydrogen) atoms. The number of nitrogens with one attached hydrogen (secondary N) is 1. The fraction of sp³-hybridized carbons (Fsp3) is 0.0667. The molecule has 3 N–H and O–H groups in total. The summed E-state index contributed by atoms with van der Waals surface area (Å²) >= 11 is 0. The highest BCUT2D eigenvalue weighted by atomic mass is 19.2. The number of urea groups is 1. The van der Waals surface area contributed by atoms with Crippen molar-refractivity contribution in [2.45, 2.75) is 6.61 Å². The highest BCUT2D eigenvalue weighted by molar-refractivity contribution is 5.81. The van der Waals surface area contributed by atoms with Gasteiger partial charge in [0.25, 0.3) is 0 Å². The number of ether oxygens (including phenoxy) is 1. The van der Waals surface area contributed by atoms with Crippen molar-refractivity contribution in [1.29, 1.82) is 0 Å². The standard InChI is InChI=1S/C15H12F3N3O2/c16-12-5-11(6-13(17)14(12)18)23-8-10-3-1-2-9(4-10)7-20-21-15(19)22/h1-7H,8H2,(H3,19,21,22). The zero-order valence-corrected chi connectivity index (χ0v) is 11.7. The summed E-state index contributed by atoms with van der Waals surface area (Å²) in [5.41, 5.74) is 8.24. The summed E-state index contributed by atoms with van der Waals surface area (Å²) in [6, 6.07) is 7.56. The molecule has 0 aliphatic rings. The normalized spacial score (nSPS) is 10.7. The Morgan fingerprint density at radius 1 is 1.22 bits per heavy atom. The second-order valence-electron chi connectivity index (χ2n) is 4.47. The Labute approximate surface area is 129 Å². The zero-order chi connectivity index (χ0) is 16.8. The fourth-order valence-electron chi connectivity index (χ4n) is 1.72. The number of hydrazone groups is 1. The van der Waals surface area contributed by atoms with Crippen LogP contribution < -0.4 is 15.9 Å². The Bertz CT molecular complexity index is 727. The average Bonchev–Trinajstić information content (AvgIpc) is 2.50. The van der Waals surface area contributed by atoms with Crippen LogP contribution in [0.2, 0.25) is 0 Å². The number of hydrogen-bond acceptors (Lipinski definition) is 3. The predicted octanol–water partition coefficient (Wildman–Crippen LogP) is 2.69. The number of amides is 2. The monoisotopic (exact) mass is 323 g/mol. The maximum Gasteiger partial charge on any atom is 0.332 e. The summed E-state index contributed by atoms with van der Waals surface area (Å²) in [6.07, 6.45) is 1.37. The van der Waals surface area contributed by atoms with E-state index in [-0.39, 0.29) is 12.4 Å². The first-order valence-electron chi connectivity index (χ1n) is 6.40. The molecular weight excluding hydrogens is 311 g/mol. The quantitative estimate of drug-likeness (QED) is 0.504. The van der Waals surface area contributed by atoms with Gasteiger partial charge in [0.05, 0.1) is 6.21 Å². The second kappa shape index (κ2) is 7.30. The van der Waals surface area contributed by atoms with Crippen molar-refractivity contribution in [2.24, 2.45) is 10.8 Å². The molecule has 8 heteroatoms. The van der Waals surface area contributed by atoms with Gasteiger partial charge in [-0.3, -0.25) is 0 Å². The minimum absolute atomic E-state index is 0.00937. The van der Waals surface area contributed by atoms with Crippen molar-refractivity contribution in [2.75, 3.05) is 0 Å². The van der Waals surface area contributed by atoms with Crippen LogP contribution in [0.1, 0.15) is 11.1 Å². The van der Waals surface area contributed by atoms with Gasteiger partial charge in [-0.2, -0.15) is 5.10 Å². The summed E-state index contributed by atoms with van der Waals surface area (Å²) < 4.78 is 44.2. The van der Waals surface area contributed by atoms with Gasteiger partial charge in [-0.1, -0.05) is 18.2 Å². The first-order valence-corrected chi connectivity index (χ1v) is 6.40. The summed E-state index contributed by atoms with van der Waals surface area (Å²) in [5.74, 6) is -4.31. The number of primary amides is 1. The highest BCUT2D eigenvalue weighted by Gasteiger charge is 2.11. The van der Waals surface area contributed by atoms with Gasteiger partial charge in [0.1, 0.15) is 12.4 Å². The Morgan fingerprint density at radius 3 is 2.57 bits per heavy atom. The molecule has 2 amide bonds. The number of carbonyl (C=O) groups is 1. The lowest BCUT2D eigenvalue weighted by molar-refractivity contribution is 0.249. The molecule has 0 aliphatic carbocycles. The average molecular weight is 323 g/mol. The molecule has 0 saturated carbocycles. The Hall–Kier alpha value is -3.03. The number of rotatable bonds is 5. The van der Waals surface area contributed by atoms with Crippen LogP contribution in [0.5, 0.6) is 5.75 Å². The molecule has 0 unspecified atom stereocenters. The van der Waals surface area contributed by atoms with Gasteiger partial charge in [-0.05, 0) is 17.2 Å². The Morgan fingerprint density at radius 2 is 1.91 bits per heavy atom. The molecule has 5 nitrogen and oxygen atoms in total. The van der Waals surface area contributed by atoms with Gasteiger partial charge in [0.15, 0.2) is 17.5 Å². The smallest absolute Gasteiger partial charge is 0.332 e. The van der Waals surface area contributed by atoms with Crippen LogP contribution in [0.3, 0.4) is 0 Å². The number of carbonyl (C=O) groups excluding carboxylic acids is 1. The van der Waals surface area contributed by atoms with Crippen LogP contribution in [-0.4, -0.2) is 12.2 Å². The van der Waals surface area contributed by atoms with E-state index in [1.807, 2.05) is 5.43 Å². The van der Waals surface area contributed by atoms with E-state index in [4.69, 9.17) is 10.5 Å². The third kappa shape index (κ3) is 4.73. The predicted molar refractivity (Wildman–Crippen MR) is 77.4 cm³/mol. The van der Waals surface area contributed by atoms with E-state index >= 15 is 0 Å². The maximum absolute atomic E-state index is 13.1. The molecule has 0 saturated heterocycles. The summed E-state index contributed by atoms with van der Waals surface area (Å²) in [5, 5.41) is 3.60. The molecule has 0 radical (unpaired) electrons. The van der Waals surface area contributed by atoms with E-state index in [2.05, 4.69) is 5.10 Å².